The van der Waals surface area contributed by atoms with Crippen LogP contribution in [0.3, 0.4) is 0 Å². The highest BCUT2D eigenvalue weighted by atomic mass is 16.2. The Bertz CT molecular complexity index is 487. The summed E-state index contributed by atoms with van der Waals surface area (Å²) in [5.41, 5.74) is 2.45. The molecule has 2 rings (SSSR count). The van der Waals surface area contributed by atoms with E-state index in [1.54, 1.807) is 0 Å². The number of rotatable bonds is 2. The van der Waals surface area contributed by atoms with E-state index in [2.05, 4.69) is 30.2 Å². The van der Waals surface area contributed by atoms with Crippen LogP contribution < -0.4 is 5.32 Å². The first-order chi connectivity index (χ1) is 8.37. The van der Waals surface area contributed by atoms with Crippen molar-refractivity contribution < 1.29 is 4.79 Å². The van der Waals surface area contributed by atoms with Crippen LogP contribution in [0.5, 0.6) is 0 Å². The van der Waals surface area contributed by atoms with E-state index >= 15 is 0 Å². The lowest BCUT2D eigenvalue weighted by molar-refractivity contribution is -0.130. The molecule has 3 heteroatoms. The summed E-state index contributed by atoms with van der Waals surface area (Å²) in [6.45, 7) is 10.2. The van der Waals surface area contributed by atoms with Crippen LogP contribution in [0, 0.1) is 6.92 Å². The summed E-state index contributed by atoms with van der Waals surface area (Å²) in [6.07, 6.45) is 3.50. The Balaban J connectivity index is 2.75. The van der Waals surface area contributed by atoms with Gasteiger partial charge in [-0.3, -0.25) is 9.78 Å². The zero-order valence-electron chi connectivity index (χ0n) is 11.9. The second-order valence-electron chi connectivity index (χ2n) is 5.78. The Morgan fingerprint density at radius 3 is 2.44 bits per heavy atom. The van der Waals surface area contributed by atoms with Crippen LogP contribution in [0.2, 0.25) is 0 Å². The zero-order valence-corrected chi connectivity index (χ0v) is 11.9. The van der Waals surface area contributed by atoms with Gasteiger partial charge in [0, 0.05) is 6.20 Å². The fourth-order valence-electron chi connectivity index (χ4n) is 2.97. The standard InChI is InChI=1S/C15H22N2O/c1-6-15(7-2)11-8-10(3)9-16-12(11)14(4,5)17-13(15)18/h8-9H,6-7H2,1-5H3,(H,17,18). The third kappa shape index (κ3) is 1.64. The van der Waals surface area contributed by atoms with Gasteiger partial charge in [-0.2, -0.15) is 0 Å². The predicted octanol–water partition coefficient (Wildman–Crippen LogP) is 2.81. The van der Waals surface area contributed by atoms with E-state index in [1.165, 1.54) is 0 Å². The molecule has 18 heavy (non-hydrogen) atoms. The second-order valence-corrected chi connectivity index (χ2v) is 5.78. The van der Waals surface area contributed by atoms with E-state index in [9.17, 15) is 4.79 Å². The molecule has 0 aromatic carbocycles. The molecule has 1 aliphatic rings. The Morgan fingerprint density at radius 2 is 1.89 bits per heavy atom. The van der Waals surface area contributed by atoms with Crippen LogP contribution in [0.4, 0.5) is 0 Å². The minimum absolute atomic E-state index is 0.136. The van der Waals surface area contributed by atoms with Crippen molar-refractivity contribution in [2.24, 2.45) is 0 Å². The number of hydrogen-bond acceptors (Lipinski definition) is 2. The minimum atomic E-state index is -0.413. The number of carbonyl (C=O) groups excluding carboxylic acids is 1. The number of nitrogens with one attached hydrogen (secondary N) is 1. The topological polar surface area (TPSA) is 42.0 Å². The van der Waals surface area contributed by atoms with Crippen molar-refractivity contribution in [1.29, 1.82) is 0 Å². The average molecular weight is 246 g/mol. The molecular formula is C15H22N2O. The number of aryl methyl sites for hydroxylation is 1. The number of nitrogens with zero attached hydrogens (tertiary/aromatic N) is 1. The monoisotopic (exact) mass is 246 g/mol. The molecule has 3 nitrogen and oxygen atoms in total. The molecule has 0 saturated carbocycles. The Kier molecular flexibility index (Phi) is 2.96. The van der Waals surface area contributed by atoms with Gasteiger partial charge in [0.2, 0.25) is 5.91 Å². The van der Waals surface area contributed by atoms with Crippen LogP contribution in [0.15, 0.2) is 12.3 Å². The van der Waals surface area contributed by atoms with Crippen molar-refractivity contribution in [3.8, 4) is 0 Å². The maximum atomic E-state index is 12.5. The highest BCUT2D eigenvalue weighted by Gasteiger charge is 2.47. The molecule has 1 aromatic rings. The van der Waals surface area contributed by atoms with E-state index < -0.39 is 5.41 Å². The van der Waals surface area contributed by atoms with Crippen molar-refractivity contribution in [2.75, 3.05) is 0 Å². The zero-order chi connectivity index (χ0) is 13.6. The fourth-order valence-corrected chi connectivity index (χ4v) is 2.97. The molecule has 0 bridgehead atoms. The molecule has 0 fully saturated rings. The third-order valence-electron chi connectivity index (χ3n) is 4.20. The summed E-state index contributed by atoms with van der Waals surface area (Å²) in [5.74, 6) is 0.136. The highest BCUT2D eigenvalue weighted by molar-refractivity contribution is 5.91. The van der Waals surface area contributed by atoms with Crippen molar-refractivity contribution in [3.05, 3.63) is 29.1 Å². The first-order valence-corrected chi connectivity index (χ1v) is 6.67. The Labute approximate surface area is 109 Å². The lowest BCUT2D eigenvalue weighted by Gasteiger charge is -2.43. The van der Waals surface area contributed by atoms with Crippen LogP contribution >= 0.6 is 0 Å². The van der Waals surface area contributed by atoms with Gasteiger partial charge in [0.1, 0.15) is 0 Å². The number of aromatic nitrogens is 1. The van der Waals surface area contributed by atoms with Gasteiger partial charge in [0.15, 0.2) is 0 Å². The molecule has 0 spiro atoms. The lowest BCUT2D eigenvalue weighted by atomic mass is 9.68. The van der Waals surface area contributed by atoms with Crippen molar-refractivity contribution in [2.45, 2.75) is 58.4 Å². The van der Waals surface area contributed by atoms with Gasteiger partial charge >= 0.3 is 0 Å². The molecule has 0 radical (unpaired) electrons. The van der Waals surface area contributed by atoms with E-state index in [-0.39, 0.29) is 11.4 Å². The van der Waals surface area contributed by atoms with Crippen LogP contribution in [0.1, 0.15) is 57.4 Å². The smallest absolute Gasteiger partial charge is 0.231 e. The van der Waals surface area contributed by atoms with Gasteiger partial charge in [-0.25, -0.2) is 0 Å². The van der Waals surface area contributed by atoms with E-state index in [4.69, 9.17) is 0 Å². The summed E-state index contributed by atoms with van der Waals surface area (Å²) in [6, 6.07) is 2.13. The maximum Gasteiger partial charge on any atom is 0.231 e. The summed E-state index contributed by atoms with van der Waals surface area (Å²) in [7, 11) is 0. The minimum Gasteiger partial charge on any atom is -0.345 e. The molecule has 0 aliphatic carbocycles. The average Bonchev–Trinajstić information content (AvgIpc) is 2.29. The van der Waals surface area contributed by atoms with E-state index in [0.717, 1.165) is 29.7 Å². The highest BCUT2D eigenvalue weighted by Crippen LogP contribution is 2.41. The molecule has 0 unspecified atom stereocenters. The summed E-state index contributed by atoms with van der Waals surface area (Å²) < 4.78 is 0. The van der Waals surface area contributed by atoms with Crippen LogP contribution in [-0.2, 0) is 15.7 Å². The van der Waals surface area contributed by atoms with Crippen molar-refractivity contribution in [3.63, 3.8) is 0 Å². The normalized spacial score (nSPS) is 20.2. The van der Waals surface area contributed by atoms with Gasteiger partial charge in [0.05, 0.1) is 16.6 Å². The van der Waals surface area contributed by atoms with Gasteiger partial charge in [-0.05, 0) is 44.7 Å². The van der Waals surface area contributed by atoms with E-state index in [1.807, 2.05) is 27.0 Å². The second kappa shape index (κ2) is 4.08. The number of hydrogen-bond donors (Lipinski definition) is 1. The molecule has 0 saturated heterocycles. The lowest BCUT2D eigenvalue weighted by Crippen LogP contribution is -2.57. The summed E-state index contributed by atoms with van der Waals surface area (Å²) in [5, 5.41) is 3.12. The fraction of sp³-hybridized carbons (Fsp3) is 0.600. The molecule has 2 heterocycles. The number of carbonyl (C=O) groups is 1. The number of pyridine rings is 1. The molecule has 1 N–H and O–H groups in total. The van der Waals surface area contributed by atoms with Gasteiger partial charge < -0.3 is 5.32 Å². The van der Waals surface area contributed by atoms with Gasteiger partial charge in [-0.15, -0.1) is 0 Å². The SMILES string of the molecule is CCC1(CC)C(=O)NC(C)(C)c2ncc(C)cc21. The first kappa shape index (κ1) is 13.1. The maximum absolute atomic E-state index is 12.5. The predicted molar refractivity (Wildman–Crippen MR) is 72.4 cm³/mol. The van der Waals surface area contributed by atoms with Crippen molar-refractivity contribution in [1.82, 2.24) is 10.3 Å². The molecule has 1 aliphatic heterocycles. The number of fused-ring (bicyclic) bond motifs is 1. The number of amides is 1. The van der Waals surface area contributed by atoms with Gasteiger partial charge in [-0.1, -0.05) is 19.9 Å². The molecule has 1 amide bonds. The summed E-state index contributed by atoms with van der Waals surface area (Å²) in [4.78, 5) is 17.1. The third-order valence-corrected chi connectivity index (χ3v) is 4.20. The first-order valence-electron chi connectivity index (χ1n) is 6.67. The molecule has 0 atom stereocenters. The van der Waals surface area contributed by atoms with Crippen LogP contribution in [-0.4, -0.2) is 10.9 Å². The molecule has 98 valence electrons. The van der Waals surface area contributed by atoms with Crippen LogP contribution in [0.25, 0.3) is 0 Å². The van der Waals surface area contributed by atoms with Crippen molar-refractivity contribution >= 4 is 5.91 Å². The molecular weight excluding hydrogens is 224 g/mol. The Morgan fingerprint density at radius 1 is 1.28 bits per heavy atom. The van der Waals surface area contributed by atoms with E-state index in [0.29, 0.717) is 0 Å². The largest absolute Gasteiger partial charge is 0.345 e. The quantitative estimate of drug-likeness (QED) is 0.872. The van der Waals surface area contributed by atoms with Gasteiger partial charge in [0.25, 0.3) is 0 Å². The Hall–Kier alpha value is -1.38. The molecule has 1 aromatic heterocycles. The summed E-state index contributed by atoms with van der Waals surface area (Å²) >= 11 is 0.